The van der Waals surface area contributed by atoms with Gasteiger partial charge in [0.2, 0.25) is 0 Å². The number of alkyl halides is 2. The summed E-state index contributed by atoms with van der Waals surface area (Å²) in [5, 5.41) is 2.62. The van der Waals surface area contributed by atoms with Crippen LogP contribution in [0, 0.1) is 0 Å². The van der Waals surface area contributed by atoms with Crippen molar-refractivity contribution in [1.82, 2.24) is 10.3 Å². The number of anilines is 1. The SMILES string of the molecule is O=C1NCCN1c1ccc(C(F)F)nc1. The van der Waals surface area contributed by atoms with Crippen LogP contribution in [0.25, 0.3) is 0 Å². The van der Waals surface area contributed by atoms with Gasteiger partial charge in [0.15, 0.2) is 0 Å². The number of hydrogen-bond donors (Lipinski definition) is 1. The lowest BCUT2D eigenvalue weighted by atomic mass is 10.3. The summed E-state index contributed by atoms with van der Waals surface area (Å²) < 4.78 is 24.4. The summed E-state index contributed by atoms with van der Waals surface area (Å²) in [7, 11) is 0. The first-order valence-corrected chi connectivity index (χ1v) is 4.48. The number of urea groups is 1. The Morgan fingerprint density at radius 1 is 1.47 bits per heavy atom. The van der Waals surface area contributed by atoms with Gasteiger partial charge >= 0.3 is 6.03 Å². The van der Waals surface area contributed by atoms with E-state index in [1.807, 2.05) is 0 Å². The predicted molar refractivity (Wildman–Crippen MR) is 49.9 cm³/mol. The number of nitrogens with one attached hydrogen (secondary N) is 1. The predicted octanol–water partition coefficient (Wildman–Crippen LogP) is 1.55. The Kier molecular flexibility index (Phi) is 2.49. The largest absolute Gasteiger partial charge is 0.336 e. The molecule has 0 atom stereocenters. The molecule has 2 amide bonds. The molecule has 1 aliphatic rings. The average Bonchev–Trinajstić information content (AvgIpc) is 2.65. The molecule has 0 saturated carbocycles. The first-order chi connectivity index (χ1) is 7.18. The maximum absolute atomic E-state index is 12.2. The van der Waals surface area contributed by atoms with Crippen LogP contribution in [0.2, 0.25) is 0 Å². The van der Waals surface area contributed by atoms with Crippen LogP contribution in [-0.2, 0) is 0 Å². The zero-order valence-corrected chi connectivity index (χ0v) is 7.78. The monoisotopic (exact) mass is 213 g/mol. The minimum atomic E-state index is -2.58. The third-order valence-corrected chi connectivity index (χ3v) is 2.16. The van der Waals surface area contributed by atoms with Gasteiger partial charge in [-0.05, 0) is 12.1 Å². The van der Waals surface area contributed by atoms with Crippen molar-refractivity contribution < 1.29 is 13.6 Å². The van der Waals surface area contributed by atoms with E-state index in [1.54, 1.807) is 0 Å². The zero-order valence-electron chi connectivity index (χ0n) is 7.78. The van der Waals surface area contributed by atoms with Crippen LogP contribution >= 0.6 is 0 Å². The standard InChI is InChI=1S/C9H9F2N3O/c10-8(11)7-2-1-6(5-13-7)14-4-3-12-9(14)15/h1-2,5,8H,3-4H2,(H,12,15). The minimum absolute atomic E-state index is 0.221. The lowest BCUT2D eigenvalue weighted by Crippen LogP contribution is -2.27. The van der Waals surface area contributed by atoms with Crippen LogP contribution in [0.4, 0.5) is 19.3 Å². The minimum Gasteiger partial charge on any atom is -0.336 e. The number of halogens is 2. The Balaban J connectivity index is 2.19. The van der Waals surface area contributed by atoms with E-state index in [0.29, 0.717) is 18.8 Å². The summed E-state index contributed by atoms with van der Waals surface area (Å²) in [5.41, 5.74) is 0.257. The van der Waals surface area contributed by atoms with Gasteiger partial charge in [0.25, 0.3) is 6.43 Å². The van der Waals surface area contributed by atoms with Crippen molar-refractivity contribution in [3.8, 4) is 0 Å². The van der Waals surface area contributed by atoms with E-state index < -0.39 is 6.43 Å². The Hall–Kier alpha value is -1.72. The van der Waals surface area contributed by atoms with E-state index >= 15 is 0 Å². The van der Waals surface area contributed by atoms with Crippen molar-refractivity contribution in [2.75, 3.05) is 18.0 Å². The second-order valence-corrected chi connectivity index (χ2v) is 3.13. The molecule has 2 heterocycles. The normalized spacial score (nSPS) is 15.9. The lowest BCUT2D eigenvalue weighted by Gasteiger charge is -2.13. The van der Waals surface area contributed by atoms with Crippen LogP contribution in [-0.4, -0.2) is 24.1 Å². The number of amides is 2. The van der Waals surface area contributed by atoms with Gasteiger partial charge < -0.3 is 5.32 Å². The molecule has 1 N–H and O–H groups in total. The maximum atomic E-state index is 12.2. The molecule has 1 fully saturated rings. The first-order valence-electron chi connectivity index (χ1n) is 4.48. The molecule has 0 aromatic carbocycles. The van der Waals surface area contributed by atoms with Crippen molar-refractivity contribution in [1.29, 1.82) is 0 Å². The molecular formula is C9H9F2N3O. The Morgan fingerprint density at radius 3 is 2.73 bits per heavy atom. The topological polar surface area (TPSA) is 45.2 Å². The summed E-state index contributed by atoms with van der Waals surface area (Å²) in [6.45, 7) is 1.10. The fourth-order valence-corrected chi connectivity index (χ4v) is 1.40. The van der Waals surface area contributed by atoms with E-state index in [1.165, 1.54) is 23.2 Å². The highest BCUT2D eigenvalue weighted by molar-refractivity contribution is 5.93. The van der Waals surface area contributed by atoms with Crippen molar-refractivity contribution in [2.45, 2.75) is 6.43 Å². The Labute approximate surface area is 84.9 Å². The fraction of sp³-hybridized carbons (Fsp3) is 0.333. The third-order valence-electron chi connectivity index (χ3n) is 2.16. The van der Waals surface area contributed by atoms with Gasteiger partial charge in [-0.2, -0.15) is 0 Å². The third kappa shape index (κ3) is 1.88. The molecule has 0 unspecified atom stereocenters. The molecule has 6 heteroatoms. The molecule has 15 heavy (non-hydrogen) atoms. The first kappa shape index (κ1) is 9.82. The number of carbonyl (C=O) groups excluding carboxylic acids is 1. The van der Waals surface area contributed by atoms with Crippen LogP contribution < -0.4 is 10.2 Å². The molecule has 0 radical (unpaired) electrons. The summed E-state index contributed by atoms with van der Waals surface area (Å²) in [5.74, 6) is 0. The molecule has 4 nitrogen and oxygen atoms in total. The van der Waals surface area contributed by atoms with Crippen molar-refractivity contribution in [2.24, 2.45) is 0 Å². The Morgan fingerprint density at radius 2 is 2.27 bits per heavy atom. The van der Waals surface area contributed by atoms with Gasteiger partial charge in [-0.3, -0.25) is 9.88 Å². The molecule has 0 bridgehead atoms. The number of hydrogen-bond acceptors (Lipinski definition) is 2. The molecule has 1 aromatic heterocycles. The molecule has 1 aliphatic heterocycles. The van der Waals surface area contributed by atoms with Gasteiger partial charge in [-0.1, -0.05) is 0 Å². The quantitative estimate of drug-likeness (QED) is 0.810. The summed E-state index contributed by atoms with van der Waals surface area (Å²) in [6, 6.07) is 2.48. The van der Waals surface area contributed by atoms with Gasteiger partial charge in [0.05, 0.1) is 11.9 Å². The van der Waals surface area contributed by atoms with Gasteiger partial charge in [0, 0.05) is 13.1 Å². The van der Waals surface area contributed by atoms with Crippen molar-refractivity contribution >= 4 is 11.7 Å². The van der Waals surface area contributed by atoms with Crippen LogP contribution in [0.15, 0.2) is 18.3 Å². The van der Waals surface area contributed by atoms with Gasteiger partial charge in [-0.15, -0.1) is 0 Å². The summed E-state index contributed by atoms with van der Waals surface area (Å²) >= 11 is 0. The summed E-state index contributed by atoms with van der Waals surface area (Å²) in [4.78, 5) is 16.3. The molecular weight excluding hydrogens is 204 g/mol. The molecule has 2 rings (SSSR count). The average molecular weight is 213 g/mol. The van der Waals surface area contributed by atoms with Crippen molar-refractivity contribution in [3.63, 3.8) is 0 Å². The van der Waals surface area contributed by atoms with Crippen LogP contribution in [0.3, 0.4) is 0 Å². The van der Waals surface area contributed by atoms with E-state index in [-0.39, 0.29) is 11.7 Å². The molecule has 80 valence electrons. The number of aromatic nitrogens is 1. The van der Waals surface area contributed by atoms with Gasteiger partial charge in [0.1, 0.15) is 5.69 Å². The molecule has 1 aromatic rings. The maximum Gasteiger partial charge on any atom is 0.322 e. The second-order valence-electron chi connectivity index (χ2n) is 3.13. The highest BCUT2D eigenvalue weighted by atomic mass is 19.3. The van der Waals surface area contributed by atoms with Crippen LogP contribution in [0.1, 0.15) is 12.1 Å². The number of pyridine rings is 1. The number of nitrogens with zero attached hydrogens (tertiary/aromatic N) is 2. The highest BCUT2D eigenvalue weighted by Crippen LogP contribution is 2.20. The number of rotatable bonds is 2. The van der Waals surface area contributed by atoms with Gasteiger partial charge in [-0.25, -0.2) is 13.6 Å². The van der Waals surface area contributed by atoms with Crippen molar-refractivity contribution in [3.05, 3.63) is 24.0 Å². The zero-order chi connectivity index (χ0) is 10.8. The fourth-order valence-electron chi connectivity index (χ4n) is 1.40. The second kappa shape index (κ2) is 3.80. The molecule has 1 saturated heterocycles. The Bertz CT molecular complexity index is 366. The van der Waals surface area contributed by atoms with E-state index in [4.69, 9.17) is 0 Å². The van der Waals surface area contributed by atoms with Crippen LogP contribution in [0.5, 0.6) is 0 Å². The number of carbonyl (C=O) groups is 1. The van der Waals surface area contributed by atoms with E-state index in [9.17, 15) is 13.6 Å². The van der Waals surface area contributed by atoms with E-state index in [0.717, 1.165) is 0 Å². The highest BCUT2D eigenvalue weighted by Gasteiger charge is 2.21. The molecule has 0 spiro atoms. The summed E-state index contributed by atoms with van der Waals surface area (Å²) in [6.07, 6.45) is -1.29. The smallest absolute Gasteiger partial charge is 0.322 e. The van der Waals surface area contributed by atoms with E-state index in [2.05, 4.69) is 10.3 Å². The molecule has 0 aliphatic carbocycles. The lowest BCUT2D eigenvalue weighted by molar-refractivity contribution is 0.146.